The molecule has 1 fully saturated rings. The predicted octanol–water partition coefficient (Wildman–Crippen LogP) is 4.10. The maximum absolute atomic E-state index is 15.0. The number of aliphatic imine (C=N–C) groups is 1. The molecule has 1 aromatic heterocycles. The molecule has 158 valence electrons. The molecule has 1 N–H and O–H groups in total. The number of carbonyl (C=O) groups excluding carboxylic acids is 1. The van der Waals surface area contributed by atoms with Crippen molar-refractivity contribution in [3.05, 3.63) is 47.7 Å². The van der Waals surface area contributed by atoms with Crippen molar-refractivity contribution in [2.24, 2.45) is 10.9 Å². The molecule has 1 aromatic carbocycles. The molecule has 30 heavy (non-hydrogen) atoms. The van der Waals surface area contributed by atoms with Crippen LogP contribution >= 0.6 is 0 Å². The normalized spacial score (nSPS) is 25.5. The van der Waals surface area contributed by atoms with Crippen LogP contribution < -0.4 is 10.1 Å². The monoisotopic (exact) mass is 412 g/mol. The van der Waals surface area contributed by atoms with Gasteiger partial charge in [0.15, 0.2) is 5.90 Å². The highest BCUT2D eigenvalue weighted by Gasteiger charge is 2.47. The van der Waals surface area contributed by atoms with Crippen molar-refractivity contribution < 1.29 is 18.7 Å². The smallest absolute Gasteiger partial charge is 0.275 e. The van der Waals surface area contributed by atoms with Crippen molar-refractivity contribution in [3.8, 4) is 5.88 Å². The van der Waals surface area contributed by atoms with E-state index < -0.39 is 11.4 Å². The largest absolute Gasteiger partial charge is 0.480 e. The molecule has 0 spiro atoms. The fourth-order valence-electron chi connectivity index (χ4n) is 4.52. The standard InChI is InChI=1S/C22H25FN4O3/c1-13-27-22(2,15-6-4-5-7-19(15)30-13)16-10-14(8-9-17(16)23)26-21(28)18-11-25-20(29-3)12-24-18/h8-12,15,19H,4-7H2,1-3H3,(H,26,28). The minimum atomic E-state index is -0.752. The Balaban J connectivity index is 1.64. The molecule has 4 rings (SSSR count). The van der Waals surface area contributed by atoms with Crippen LogP contribution in [0.2, 0.25) is 0 Å². The molecule has 0 saturated heterocycles. The van der Waals surface area contributed by atoms with E-state index in [1.807, 2.05) is 13.8 Å². The molecular weight excluding hydrogens is 387 g/mol. The topological polar surface area (TPSA) is 85.7 Å². The minimum absolute atomic E-state index is 0.0356. The third kappa shape index (κ3) is 3.74. The quantitative estimate of drug-likeness (QED) is 0.817. The lowest BCUT2D eigenvalue weighted by molar-refractivity contribution is 0.0156. The van der Waals surface area contributed by atoms with Gasteiger partial charge in [-0.2, -0.15) is 0 Å². The number of hydrogen-bond acceptors (Lipinski definition) is 6. The van der Waals surface area contributed by atoms with Crippen LogP contribution in [0.4, 0.5) is 10.1 Å². The second-order valence-corrected chi connectivity index (χ2v) is 7.92. The predicted molar refractivity (Wildman–Crippen MR) is 110 cm³/mol. The number of rotatable bonds is 4. The molecule has 1 saturated carbocycles. The van der Waals surface area contributed by atoms with Crippen molar-refractivity contribution in [1.29, 1.82) is 0 Å². The molecule has 1 aliphatic carbocycles. The molecule has 2 aromatic rings. The zero-order chi connectivity index (χ0) is 21.3. The van der Waals surface area contributed by atoms with Gasteiger partial charge in [0.25, 0.3) is 5.91 Å². The summed E-state index contributed by atoms with van der Waals surface area (Å²) in [5.41, 5.74) is 0.320. The second-order valence-electron chi connectivity index (χ2n) is 7.92. The molecule has 3 unspecified atom stereocenters. The number of nitrogens with zero attached hydrogens (tertiary/aromatic N) is 3. The zero-order valence-corrected chi connectivity index (χ0v) is 17.3. The van der Waals surface area contributed by atoms with Crippen LogP contribution in [-0.2, 0) is 10.3 Å². The van der Waals surface area contributed by atoms with Crippen LogP contribution in [0.1, 0.15) is 55.6 Å². The van der Waals surface area contributed by atoms with Gasteiger partial charge in [0, 0.05) is 24.1 Å². The summed E-state index contributed by atoms with van der Waals surface area (Å²) >= 11 is 0. The lowest BCUT2D eigenvalue weighted by atomic mass is 9.70. The molecular formula is C22H25FN4O3. The third-order valence-corrected chi connectivity index (χ3v) is 5.98. The number of ether oxygens (including phenoxy) is 2. The number of hydrogen-bond donors (Lipinski definition) is 1. The van der Waals surface area contributed by atoms with Crippen LogP contribution in [0.3, 0.4) is 0 Å². The minimum Gasteiger partial charge on any atom is -0.480 e. The van der Waals surface area contributed by atoms with Crippen molar-refractivity contribution in [3.63, 3.8) is 0 Å². The van der Waals surface area contributed by atoms with E-state index in [0.29, 0.717) is 23.0 Å². The second kappa shape index (κ2) is 8.01. The van der Waals surface area contributed by atoms with Crippen LogP contribution in [0, 0.1) is 11.7 Å². The van der Waals surface area contributed by atoms with Gasteiger partial charge in [-0.1, -0.05) is 6.42 Å². The zero-order valence-electron chi connectivity index (χ0n) is 17.3. The Labute approximate surface area is 174 Å². The molecule has 1 amide bonds. The third-order valence-electron chi connectivity index (χ3n) is 5.98. The molecule has 8 heteroatoms. The summed E-state index contributed by atoms with van der Waals surface area (Å²) < 4.78 is 25.9. The van der Waals surface area contributed by atoms with Crippen LogP contribution in [0.15, 0.2) is 35.6 Å². The first kappa shape index (κ1) is 20.3. The van der Waals surface area contributed by atoms with Gasteiger partial charge >= 0.3 is 0 Å². The Bertz CT molecular complexity index is 979. The van der Waals surface area contributed by atoms with E-state index in [2.05, 4.69) is 15.3 Å². The Hall–Kier alpha value is -3.03. The van der Waals surface area contributed by atoms with Gasteiger partial charge in [0.1, 0.15) is 17.6 Å². The van der Waals surface area contributed by atoms with E-state index in [0.717, 1.165) is 25.7 Å². The molecule has 7 nitrogen and oxygen atoms in total. The lowest BCUT2D eigenvalue weighted by Crippen LogP contribution is -2.47. The molecule has 3 atom stereocenters. The highest BCUT2D eigenvalue weighted by Crippen LogP contribution is 2.47. The molecule has 2 aliphatic rings. The van der Waals surface area contributed by atoms with E-state index in [4.69, 9.17) is 14.5 Å². The highest BCUT2D eigenvalue weighted by molar-refractivity contribution is 6.02. The summed E-state index contributed by atoms with van der Waals surface area (Å²) in [5, 5.41) is 2.77. The summed E-state index contributed by atoms with van der Waals surface area (Å²) in [4.78, 5) is 25.3. The van der Waals surface area contributed by atoms with Crippen molar-refractivity contribution in [2.75, 3.05) is 12.4 Å². The Morgan fingerprint density at radius 1 is 1.27 bits per heavy atom. The maximum atomic E-state index is 15.0. The Morgan fingerprint density at radius 3 is 2.80 bits per heavy atom. The van der Waals surface area contributed by atoms with Gasteiger partial charge in [-0.05, 0) is 44.4 Å². The first-order valence-corrected chi connectivity index (χ1v) is 10.1. The summed E-state index contributed by atoms with van der Waals surface area (Å²) in [5.74, 6) is 0.196. The number of halogens is 1. The Morgan fingerprint density at radius 2 is 2.07 bits per heavy atom. The fourth-order valence-corrected chi connectivity index (χ4v) is 4.52. The number of aromatic nitrogens is 2. The van der Waals surface area contributed by atoms with Crippen molar-refractivity contribution in [2.45, 2.75) is 51.2 Å². The molecule has 0 bridgehead atoms. The van der Waals surface area contributed by atoms with Gasteiger partial charge in [-0.25, -0.2) is 19.4 Å². The number of benzene rings is 1. The molecule has 1 aliphatic heterocycles. The summed E-state index contributed by atoms with van der Waals surface area (Å²) in [7, 11) is 1.47. The summed E-state index contributed by atoms with van der Waals surface area (Å²) in [6.07, 6.45) is 6.78. The molecule has 0 radical (unpaired) electrons. The van der Waals surface area contributed by atoms with Crippen LogP contribution in [0.25, 0.3) is 0 Å². The van der Waals surface area contributed by atoms with Crippen LogP contribution in [-0.4, -0.2) is 35.0 Å². The van der Waals surface area contributed by atoms with Crippen molar-refractivity contribution >= 4 is 17.5 Å². The maximum Gasteiger partial charge on any atom is 0.275 e. The lowest BCUT2D eigenvalue weighted by Gasteiger charge is -2.45. The SMILES string of the molecule is COc1cnc(C(=O)Nc2ccc(F)c(C3(C)N=C(C)OC4CCCCC43)c2)cn1. The average molecular weight is 412 g/mol. The number of carbonyl (C=O) groups is 1. The van der Waals surface area contributed by atoms with Gasteiger partial charge in [0.2, 0.25) is 5.88 Å². The Kier molecular flexibility index (Phi) is 5.40. The van der Waals surface area contributed by atoms with Gasteiger partial charge in [-0.3, -0.25) is 4.79 Å². The summed E-state index contributed by atoms with van der Waals surface area (Å²) in [6.45, 7) is 3.77. The van der Waals surface area contributed by atoms with E-state index in [1.165, 1.54) is 31.6 Å². The first-order valence-electron chi connectivity index (χ1n) is 10.1. The number of amides is 1. The van der Waals surface area contributed by atoms with Crippen LogP contribution in [0.5, 0.6) is 5.88 Å². The summed E-state index contributed by atoms with van der Waals surface area (Å²) in [6, 6.07) is 4.57. The average Bonchev–Trinajstić information content (AvgIpc) is 2.75. The molecule has 2 heterocycles. The number of fused-ring (bicyclic) bond motifs is 1. The number of anilines is 1. The van der Waals surface area contributed by atoms with Gasteiger partial charge in [-0.15, -0.1) is 0 Å². The highest BCUT2D eigenvalue weighted by atomic mass is 19.1. The van der Waals surface area contributed by atoms with Crippen molar-refractivity contribution in [1.82, 2.24) is 9.97 Å². The van der Waals surface area contributed by atoms with E-state index >= 15 is 0 Å². The van der Waals surface area contributed by atoms with E-state index in [-0.39, 0.29) is 23.5 Å². The van der Waals surface area contributed by atoms with E-state index in [9.17, 15) is 9.18 Å². The van der Waals surface area contributed by atoms with Gasteiger partial charge < -0.3 is 14.8 Å². The first-order chi connectivity index (χ1) is 14.4. The number of nitrogens with one attached hydrogen (secondary N) is 1. The van der Waals surface area contributed by atoms with Gasteiger partial charge in [0.05, 0.1) is 25.0 Å². The fraction of sp³-hybridized carbons (Fsp3) is 0.455. The number of methoxy groups -OCH3 is 1. The van der Waals surface area contributed by atoms with E-state index in [1.54, 1.807) is 6.07 Å².